The molecule has 4 nitrogen and oxygen atoms in total. The predicted octanol–water partition coefficient (Wildman–Crippen LogP) is 0.666. The molecule has 2 saturated heterocycles. The number of hydrogen-bond acceptors (Lipinski definition) is 2. The molecule has 2 rings (SSSR count). The van der Waals surface area contributed by atoms with E-state index < -0.39 is 0 Å². The van der Waals surface area contributed by atoms with Gasteiger partial charge in [-0.3, -0.25) is 9.59 Å². The summed E-state index contributed by atoms with van der Waals surface area (Å²) in [5.74, 6) is 0.0243. The molecule has 0 aromatic rings. The number of carbonyl (C=O) groups is 2. The van der Waals surface area contributed by atoms with Gasteiger partial charge in [0, 0.05) is 19.5 Å². The molecule has 2 amide bonds. The number of nitrogens with zero attached hydrogens (tertiary/aromatic N) is 1. The molecular weight excluding hydrogens is 192 g/mol. The molecular formula is C11H18N2O2. The smallest absolute Gasteiger partial charge is 0.245 e. The molecule has 0 radical (unpaired) electrons. The lowest BCUT2D eigenvalue weighted by Gasteiger charge is -2.25. The number of nitrogens with one attached hydrogen (secondary N) is 1. The fourth-order valence-electron chi connectivity index (χ4n) is 2.69. The molecule has 0 bridgehead atoms. The Morgan fingerprint density at radius 2 is 2.07 bits per heavy atom. The van der Waals surface area contributed by atoms with Crippen molar-refractivity contribution in [1.82, 2.24) is 10.2 Å². The zero-order valence-electron chi connectivity index (χ0n) is 9.16. The minimum absolute atomic E-state index is 0.106. The maximum absolute atomic E-state index is 12.1. The molecule has 2 heterocycles. The summed E-state index contributed by atoms with van der Waals surface area (Å²) in [5, 5.41) is 2.75. The highest BCUT2D eigenvalue weighted by Gasteiger charge is 2.35. The van der Waals surface area contributed by atoms with Crippen LogP contribution in [0, 0.1) is 0 Å². The molecule has 0 aromatic heterocycles. The third kappa shape index (κ3) is 2.13. The summed E-state index contributed by atoms with van der Waals surface area (Å²) in [6.45, 7) is 2.35. The number of carbonyl (C=O) groups excluding carboxylic acids is 2. The van der Waals surface area contributed by atoms with Gasteiger partial charge in [0.15, 0.2) is 0 Å². The van der Waals surface area contributed by atoms with E-state index in [9.17, 15) is 9.59 Å². The Morgan fingerprint density at radius 3 is 2.80 bits per heavy atom. The highest BCUT2D eigenvalue weighted by Crippen LogP contribution is 2.26. The first-order valence-corrected chi connectivity index (χ1v) is 5.76. The van der Waals surface area contributed by atoms with Crippen molar-refractivity contribution < 1.29 is 9.59 Å². The fourth-order valence-corrected chi connectivity index (χ4v) is 2.69. The molecule has 2 aliphatic rings. The van der Waals surface area contributed by atoms with Crippen LogP contribution in [-0.4, -0.2) is 35.3 Å². The molecule has 1 N–H and O–H groups in total. The fraction of sp³-hybridized carbons (Fsp3) is 0.818. The Morgan fingerprint density at radius 1 is 1.33 bits per heavy atom. The Bertz CT molecular complexity index is 278. The van der Waals surface area contributed by atoms with Crippen LogP contribution in [0.15, 0.2) is 0 Å². The summed E-state index contributed by atoms with van der Waals surface area (Å²) in [5.41, 5.74) is 0. The second kappa shape index (κ2) is 4.21. The molecule has 2 unspecified atom stereocenters. The topological polar surface area (TPSA) is 49.4 Å². The van der Waals surface area contributed by atoms with E-state index in [-0.39, 0.29) is 17.9 Å². The molecule has 2 aliphatic heterocycles. The van der Waals surface area contributed by atoms with Gasteiger partial charge in [0.25, 0.3) is 0 Å². The van der Waals surface area contributed by atoms with Crippen LogP contribution in [-0.2, 0) is 9.59 Å². The zero-order valence-corrected chi connectivity index (χ0v) is 9.16. The van der Waals surface area contributed by atoms with Crippen LogP contribution >= 0.6 is 0 Å². The molecule has 84 valence electrons. The van der Waals surface area contributed by atoms with Crippen molar-refractivity contribution in [2.75, 3.05) is 6.54 Å². The minimum atomic E-state index is -0.273. The van der Waals surface area contributed by atoms with Crippen molar-refractivity contribution in [3.8, 4) is 0 Å². The van der Waals surface area contributed by atoms with Crippen LogP contribution in [0.3, 0.4) is 0 Å². The third-order valence-corrected chi connectivity index (χ3v) is 3.37. The lowest BCUT2D eigenvalue weighted by Crippen LogP contribution is -2.47. The van der Waals surface area contributed by atoms with E-state index in [0.29, 0.717) is 6.04 Å². The van der Waals surface area contributed by atoms with Crippen molar-refractivity contribution in [1.29, 1.82) is 0 Å². The van der Waals surface area contributed by atoms with Gasteiger partial charge < -0.3 is 10.2 Å². The first-order valence-electron chi connectivity index (χ1n) is 5.76. The standard InChI is InChI=1S/C11H18N2O2/c1-8(14)12-10-6-2-4-9-5-3-7-13(9)11(10)15/h9-10H,2-7H2,1H3,(H,12,14). The van der Waals surface area contributed by atoms with Gasteiger partial charge in [-0.1, -0.05) is 0 Å². The first kappa shape index (κ1) is 10.5. The van der Waals surface area contributed by atoms with Crippen molar-refractivity contribution in [2.24, 2.45) is 0 Å². The Hall–Kier alpha value is -1.06. The van der Waals surface area contributed by atoms with Gasteiger partial charge >= 0.3 is 0 Å². The van der Waals surface area contributed by atoms with Crippen LogP contribution in [0.5, 0.6) is 0 Å². The average Bonchev–Trinajstić information content (AvgIpc) is 2.58. The van der Waals surface area contributed by atoms with E-state index in [0.717, 1.165) is 38.6 Å². The predicted molar refractivity (Wildman–Crippen MR) is 56.2 cm³/mol. The van der Waals surface area contributed by atoms with Crippen LogP contribution in [0.25, 0.3) is 0 Å². The third-order valence-electron chi connectivity index (χ3n) is 3.37. The van der Waals surface area contributed by atoms with Crippen LogP contribution < -0.4 is 5.32 Å². The lowest BCUT2D eigenvalue weighted by atomic mass is 10.1. The molecule has 0 saturated carbocycles. The molecule has 2 fully saturated rings. The highest BCUT2D eigenvalue weighted by atomic mass is 16.2. The van der Waals surface area contributed by atoms with E-state index in [4.69, 9.17) is 0 Å². The van der Waals surface area contributed by atoms with E-state index in [1.807, 2.05) is 4.90 Å². The lowest BCUT2D eigenvalue weighted by molar-refractivity contribution is -0.136. The van der Waals surface area contributed by atoms with Crippen LogP contribution in [0.4, 0.5) is 0 Å². The summed E-state index contributed by atoms with van der Waals surface area (Å²) in [4.78, 5) is 25.0. The van der Waals surface area contributed by atoms with Crippen molar-refractivity contribution >= 4 is 11.8 Å². The molecule has 4 heteroatoms. The normalized spacial score (nSPS) is 31.0. The van der Waals surface area contributed by atoms with Crippen LogP contribution in [0.1, 0.15) is 39.0 Å². The van der Waals surface area contributed by atoms with Gasteiger partial charge in [0.1, 0.15) is 6.04 Å². The van der Waals surface area contributed by atoms with Gasteiger partial charge in [0.2, 0.25) is 11.8 Å². The van der Waals surface area contributed by atoms with Crippen LogP contribution in [0.2, 0.25) is 0 Å². The van der Waals surface area contributed by atoms with E-state index in [2.05, 4.69) is 5.32 Å². The van der Waals surface area contributed by atoms with Gasteiger partial charge in [-0.2, -0.15) is 0 Å². The van der Waals surface area contributed by atoms with Gasteiger partial charge in [-0.15, -0.1) is 0 Å². The molecule has 2 atom stereocenters. The second-order valence-electron chi connectivity index (χ2n) is 4.51. The van der Waals surface area contributed by atoms with Gasteiger partial charge in [-0.25, -0.2) is 0 Å². The summed E-state index contributed by atoms with van der Waals surface area (Å²) in [6, 6.07) is 0.168. The Kier molecular flexibility index (Phi) is 2.93. The highest BCUT2D eigenvalue weighted by molar-refractivity contribution is 5.87. The summed E-state index contributed by atoms with van der Waals surface area (Å²) < 4.78 is 0. The van der Waals surface area contributed by atoms with E-state index in [1.165, 1.54) is 6.92 Å². The number of rotatable bonds is 1. The van der Waals surface area contributed by atoms with E-state index in [1.54, 1.807) is 0 Å². The number of hydrogen-bond donors (Lipinski definition) is 1. The van der Waals surface area contributed by atoms with Gasteiger partial charge in [0.05, 0.1) is 0 Å². The minimum Gasteiger partial charge on any atom is -0.345 e. The molecule has 0 aromatic carbocycles. The molecule has 0 aliphatic carbocycles. The summed E-state index contributed by atoms with van der Waals surface area (Å²) >= 11 is 0. The van der Waals surface area contributed by atoms with Gasteiger partial charge in [-0.05, 0) is 32.1 Å². The summed E-state index contributed by atoms with van der Waals surface area (Å²) in [7, 11) is 0. The maximum Gasteiger partial charge on any atom is 0.245 e. The Labute approximate surface area is 90.0 Å². The first-order chi connectivity index (χ1) is 7.18. The van der Waals surface area contributed by atoms with E-state index >= 15 is 0 Å². The van der Waals surface area contributed by atoms with Crippen molar-refractivity contribution in [2.45, 2.75) is 51.1 Å². The number of amides is 2. The largest absolute Gasteiger partial charge is 0.345 e. The quantitative estimate of drug-likeness (QED) is 0.691. The SMILES string of the molecule is CC(=O)NC1CCCC2CCCN2C1=O. The summed E-state index contributed by atoms with van der Waals surface area (Å²) in [6.07, 6.45) is 5.19. The monoisotopic (exact) mass is 210 g/mol. The van der Waals surface area contributed by atoms with Crippen molar-refractivity contribution in [3.05, 3.63) is 0 Å². The molecule has 0 spiro atoms. The molecule has 15 heavy (non-hydrogen) atoms. The zero-order chi connectivity index (χ0) is 10.8. The Balaban J connectivity index is 2.07. The average molecular weight is 210 g/mol. The van der Waals surface area contributed by atoms with Crippen molar-refractivity contribution in [3.63, 3.8) is 0 Å². The number of fused-ring (bicyclic) bond motifs is 1. The maximum atomic E-state index is 12.1. The second-order valence-corrected chi connectivity index (χ2v) is 4.51.